The molecule has 4 rings (SSSR count). The second kappa shape index (κ2) is 8.76. The van der Waals surface area contributed by atoms with Crippen molar-refractivity contribution >= 4 is 6.08 Å². The van der Waals surface area contributed by atoms with Crippen LogP contribution in [0.2, 0.25) is 0 Å². The maximum absolute atomic E-state index is 4.43. The summed E-state index contributed by atoms with van der Waals surface area (Å²) in [5.74, 6) is 0.619. The van der Waals surface area contributed by atoms with Gasteiger partial charge in [0.25, 0.3) is 5.95 Å². The van der Waals surface area contributed by atoms with Crippen molar-refractivity contribution in [3.8, 4) is 5.95 Å². The molecule has 1 saturated carbocycles. The van der Waals surface area contributed by atoms with E-state index >= 15 is 0 Å². The van der Waals surface area contributed by atoms with Crippen LogP contribution in [0, 0.1) is 6.92 Å². The van der Waals surface area contributed by atoms with Gasteiger partial charge in [-0.05, 0) is 25.8 Å². The molecule has 27 heavy (non-hydrogen) atoms. The maximum Gasteiger partial charge on any atom is 0.250 e. The summed E-state index contributed by atoms with van der Waals surface area (Å²) in [6.45, 7) is 7.87. The molecule has 0 bridgehead atoms. The minimum atomic E-state index is 0.619. The number of aromatic nitrogens is 4. The van der Waals surface area contributed by atoms with Gasteiger partial charge in [-0.1, -0.05) is 31.4 Å². The van der Waals surface area contributed by atoms with Gasteiger partial charge in [-0.15, -0.1) is 0 Å². The van der Waals surface area contributed by atoms with Gasteiger partial charge in [0.1, 0.15) is 0 Å². The fraction of sp³-hybridized carbons (Fsp3) is 0.571. The third-order valence-corrected chi connectivity index (χ3v) is 5.95. The SMILES string of the molecule is Cc1c(/C=C/CN2CCN(C3CCCCC3)CC2)cnn1-c1ncccn1. The molecule has 0 radical (unpaired) electrons. The lowest BCUT2D eigenvalue weighted by atomic mass is 9.94. The Morgan fingerprint density at radius 3 is 2.52 bits per heavy atom. The highest BCUT2D eigenvalue weighted by molar-refractivity contribution is 5.51. The number of rotatable bonds is 5. The number of hydrogen-bond donors (Lipinski definition) is 0. The van der Waals surface area contributed by atoms with Gasteiger partial charge in [-0.2, -0.15) is 5.10 Å². The summed E-state index contributed by atoms with van der Waals surface area (Å²) in [5.41, 5.74) is 2.20. The summed E-state index contributed by atoms with van der Waals surface area (Å²) in [4.78, 5) is 13.8. The van der Waals surface area contributed by atoms with Gasteiger partial charge in [0, 0.05) is 56.7 Å². The molecular formula is C21H30N6. The van der Waals surface area contributed by atoms with Crippen LogP contribution < -0.4 is 0 Å². The lowest BCUT2D eigenvalue weighted by molar-refractivity contribution is 0.0847. The van der Waals surface area contributed by atoms with Crippen LogP contribution in [0.1, 0.15) is 43.4 Å². The molecular weight excluding hydrogens is 336 g/mol. The first-order valence-electron chi connectivity index (χ1n) is 10.3. The van der Waals surface area contributed by atoms with Crippen LogP contribution in [0.15, 0.2) is 30.7 Å². The van der Waals surface area contributed by atoms with E-state index in [9.17, 15) is 0 Å². The van der Waals surface area contributed by atoms with E-state index in [2.05, 4.69) is 43.9 Å². The van der Waals surface area contributed by atoms with Crippen LogP contribution in [0.25, 0.3) is 12.0 Å². The molecule has 0 atom stereocenters. The molecule has 144 valence electrons. The zero-order valence-electron chi connectivity index (χ0n) is 16.3. The molecule has 0 unspecified atom stereocenters. The van der Waals surface area contributed by atoms with E-state index in [1.807, 2.05) is 12.3 Å². The minimum Gasteiger partial charge on any atom is -0.298 e. The average Bonchev–Trinajstić information content (AvgIpc) is 3.10. The zero-order chi connectivity index (χ0) is 18.5. The van der Waals surface area contributed by atoms with E-state index in [-0.39, 0.29) is 0 Å². The first-order chi connectivity index (χ1) is 13.3. The van der Waals surface area contributed by atoms with Crippen molar-refractivity contribution in [3.63, 3.8) is 0 Å². The lowest BCUT2D eigenvalue weighted by Crippen LogP contribution is -2.50. The van der Waals surface area contributed by atoms with Gasteiger partial charge in [-0.25, -0.2) is 14.6 Å². The summed E-state index contributed by atoms with van der Waals surface area (Å²) in [5, 5.41) is 4.43. The Kier molecular flexibility index (Phi) is 5.94. The van der Waals surface area contributed by atoms with Crippen LogP contribution in [0.3, 0.4) is 0 Å². The van der Waals surface area contributed by atoms with Gasteiger partial charge < -0.3 is 0 Å². The molecule has 1 aliphatic carbocycles. The standard InChI is InChI=1S/C21H30N6/c1-18-19(17-24-27(18)21-22-10-6-11-23-21)7-5-12-25-13-15-26(16-14-25)20-8-3-2-4-9-20/h5-7,10-11,17,20H,2-4,8-9,12-16H2,1H3/b7-5+. The summed E-state index contributed by atoms with van der Waals surface area (Å²) in [6, 6.07) is 2.67. The Morgan fingerprint density at radius 2 is 1.78 bits per heavy atom. The lowest BCUT2D eigenvalue weighted by Gasteiger charge is -2.40. The highest BCUT2D eigenvalue weighted by Crippen LogP contribution is 2.23. The largest absolute Gasteiger partial charge is 0.298 e. The third-order valence-electron chi connectivity index (χ3n) is 5.95. The van der Waals surface area contributed by atoms with Crippen molar-refractivity contribution in [2.75, 3.05) is 32.7 Å². The average molecular weight is 367 g/mol. The van der Waals surface area contributed by atoms with Crippen LogP contribution in [0.5, 0.6) is 0 Å². The predicted molar refractivity (Wildman–Crippen MR) is 108 cm³/mol. The second-order valence-corrected chi connectivity index (χ2v) is 7.68. The van der Waals surface area contributed by atoms with Crippen molar-refractivity contribution in [2.24, 2.45) is 0 Å². The third kappa shape index (κ3) is 4.45. The monoisotopic (exact) mass is 366 g/mol. The van der Waals surface area contributed by atoms with Gasteiger partial charge in [-0.3, -0.25) is 9.80 Å². The van der Waals surface area contributed by atoms with Crippen molar-refractivity contribution in [1.29, 1.82) is 0 Å². The maximum atomic E-state index is 4.43. The number of piperazine rings is 1. The van der Waals surface area contributed by atoms with E-state index in [4.69, 9.17) is 0 Å². The van der Waals surface area contributed by atoms with Crippen molar-refractivity contribution < 1.29 is 0 Å². The van der Waals surface area contributed by atoms with Crippen LogP contribution in [-0.2, 0) is 0 Å². The summed E-state index contributed by atoms with van der Waals surface area (Å²) in [6.07, 6.45) is 16.9. The molecule has 0 N–H and O–H groups in total. The summed E-state index contributed by atoms with van der Waals surface area (Å²) >= 11 is 0. The molecule has 0 aromatic carbocycles. The van der Waals surface area contributed by atoms with Gasteiger partial charge in [0.15, 0.2) is 0 Å². The fourth-order valence-corrected chi connectivity index (χ4v) is 4.27. The molecule has 1 aliphatic heterocycles. The Hall–Kier alpha value is -2.05. The van der Waals surface area contributed by atoms with Gasteiger partial charge >= 0.3 is 0 Å². The smallest absolute Gasteiger partial charge is 0.250 e. The molecule has 2 aromatic heterocycles. The van der Waals surface area contributed by atoms with E-state index in [0.29, 0.717) is 5.95 Å². The van der Waals surface area contributed by atoms with Crippen molar-refractivity contribution in [2.45, 2.75) is 45.1 Å². The summed E-state index contributed by atoms with van der Waals surface area (Å²) < 4.78 is 1.79. The van der Waals surface area contributed by atoms with Gasteiger partial charge in [0.05, 0.1) is 11.9 Å². The fourth-order valence-electron chi connectivity index (χ4n) is 4.27. The van der Waals surface area contributed by atoms with Crippen LogP contribution in [0.4, 0.5) is 0 Å². The van der Waals surface area contributed by atoms with E-state index in [1.54, 1.807) is 17.1 Å². The molecule has 1 saturated heterocycles. The van der Waals surface area contributed by atoms with E-state index in [0.717, 1.165) is 23.8 Å². The van der Waals surface area contributed by atoms with Gasteiger partial charge in [0.2, 0.25) is 0 Å². The molecule has 2 aliphatic rings. The quantitative estimate of drug-likeness (QED) is 0.814. The normalized spacial score (nSPS) is 20.5. The highest BCUT2D eigenvalue weighted by atomic mass is 15.3. The first-order valence-corrected chi connectivity index (χ1v) is 10.3. The van der Waals surface area contributed by atoms with Crippen LogP contribution >= 0.6 is 0 Å². The number of nitrogens with zero attached hydrogens (tertiary/aromatic N) is 6. The Labute approximate surface area is 161 Å². The Morgan fingerprint density at radius 1 is 1.04 bits per heavy atom. The minimum absolute atomic E-state index is 0.619. The molecule has 0 spiro atoms. The second-order valence-electron chi connectivity index (χ2n) is 7.68. The highest BCUT2D eigenvalue weighted by Gasteiger charge is 2.24. The Balaban J connectivity index is 1.28. The van der Waals surface area contributed by atoms with Crippen molar-refractivity contribution in [3.05, 3.63) is 42.0 Å². The molecule has 2 fully saturated rings. The molecule has 6 heteroatoms. The topological polar surface area (TPSA) is 50.1 Å². The first kappa shape index (κ1) is 18.3. The predicted octanol–water partition coefficient (Wildman–Crippen LogP) is 2.93. The molecule has 2 aromatic rings. The van der Waals surface area contributed by atoms with Crippen molar-refractivity contribution in [1.82, 2.24) is 29.5 Å². The van der Waals surface area contributed by atoms with Crippen LogP contribution in [-0.4, -0.2) is 68.3 Å². The molecule has 6 nitrogen and oxygen atoms in total. The van der Waals surface area contributed by atoms with E-state index < -0.39 is 0 Å². The molecule has 3 heterocycles. The number of hydrogen-bond acceptors (Lipinski definition) is 5. The molecule has 0 amide bonds. The van der Waals surface area contributed by atoms with E-state index in [1.165, 1.54) is 58.3 Å². The zero-order valence-corrected chi connectivity index (χ0v) is 16.3. The Bertz CT molecular complexity index is 739. The summed E-state index contributed by atoms with van der Waals surface area (Å²) in [7, 11) is 0.